The molecule has 2 atom stereocenters. The summed E-state index contributed by atoms with van der Waals surface area (Å²) >= 11 is 6.43. The summed E-state index contributed by atoms with van der Waals surface area (Å²) in [7, 11) is 3.86. The van der Waals surface area contributed by atoms with E-state index in [1.165, 1.54) is 0 Å². The van der Waals surface area contributed by atoms with Crippen LogP contribution < -0.4 is 15.0 Å². The molecular weight excluding hydrogens is 442 g/mol. The molecule has 3 aromatic rings. The van der Waals surface area contributed by atoms with Crippen molar-refractivity contribution in [2.75, 3.05) is 45.4 Å². The lowest BCUT2D eigenvalue weighted by Gasteiger charge is -2.26. The van der Waals surface area contributed by atoms with Gasteiger partial charge in [-0.3, -0.25) is 0 Å². The number of aliphatic hydroxyl groups excluding tert-OH is 1. The number of likely N-dealkylation sites (N-methyl/N-ethyl adjacent to an activating group) is 2. The summed E-state index contributed by atoms with van der Waals surface area (Å²) in [5, 5.41) is 18.1. The van der Waals surface area contributed by atoms with Crippen molar-refractivity contribution in [3.63, 3.8) is 0 Å². The van der Waals surface area contributed by atoms with Crippen LogP contribution in [0.3, 0.4) is 0 Å². The van der Waals surface area contributed by atoms with Gasteiger partial charge in [-0.25, -0.2) is 4.98 Å². The van der Waals surface area contributed by atoms with Crippen LogP contribution in [0.25, 0.3) is 16.9 Å². The summed E-state index contributed by atoms with van der Waals surface area (Å²) in [5.74, 6) is 1.82. The monoisotopic (exact) mass is 473 g/mol. The van der Waals surface area contributed by atoms with Gasteiger partial charge < -0.3 is 24.8 Å². The number of anilines is 1. The topological polar surface area (TPSA) is 84.1 Å². The molecule has 1 unspecified atom stereocenters. The van der Waals surface area contributed by atoms with E-state index in [-0.39, 0.29) is 18.6 Å². The number of aliphatic hydroxyl groups is 1. The first-order chi connectivity index (χ1) is 15.9. The average Bonchev–Trinajstić information content (AvgIpc) is 3.46. The van der Waals surface area contributed by atoms with Crippen molar-refractivity contribution in [3.05, 3.63) is 41.0 Å². The number of hydrogen-bond acceptors (Lipinski definition) is 7. The molecule has 4 rings (SSSR count). The van der Waals surface area contributed by atoms with E-state index in [4.69, 9.17) is 26.1 Å². The van der Waals surface area contributed by atoms with Gasteiger partial charge in [-0.1, -0.05) is 25.4 Å². The number of aromatic nitrogens is 3. The minimum atomic E-state index is -0.610. The Bertz CT molecular complexity index is 1100. The molecule has 33 heavy (non-hydrogen) atoms. The number of nitrogens with zero attached hydrogens (tertiary/aromatic N) is 4. The highest BCUT2D eigenvalue weighted by Crippen LogP contribution is 2.33. The molecule has 178 valence electrons. The molecule has 0 aliphatic carbocycles. The molecule has 2 N–H and O–H groups in total. The number of fused-ring (bicyclic) bond motifs is 1. The summed E-state index contributed by atoms with van der Waals surface area (Å²) in [6.07, 6.45) is 2.26. The fraction of sp³-hybridized carbons (Fsp3) is 0.500. The molecule has 0 amide bonds. The van der Waals surface area contributed by atoms with Crippen molar-refractivity contribution in [3.8, 4) is 17.0 Å². The van der Waals surface area contributed by atoms with Gasteiger partial charge in [-0.15, -0.1) is 0 Å². The standard InChI is InChI=1S/C24H32ClN5O3/c1-15(2)21-12-27-30-23(29(4)18-5-6-32-13-18)10-22(28-24(21)30)16-7-17(25)9-20(8-16)33-14-19(31)11-26-3/h7-10,12,15,18-19,26,31H,5-6,11,13-14H2,1-4H3/t18-,19?/m0/s1. The molecule has 1 saturated heterocycles. The number of nitrogens with one attached hydrogen (secondary N) is 1. The normalized spacial score (nSPS) is 17.1. The van der Waals surface area contributed by atoms with Crippen molar-refractivity contribution in [1.82, 2.24) is 19.9 Å². The zero-order valence-corrected chi connectivity index (χ0v) is 20.3. The minimum absolute atomic E-state index is 0.170. The predicted octanol–water partition coefficient (Wildman–Crippen LogP) is 3.36. The van der Waals surface area contributed by atoms with Crippen LogP contribution >= 0.6 is 11.6 Å². The van der Waals surface area contributed by atoms with Crippen molar-refractivity contribution in [1.29, 1.82) is 0 Å². The van der Waals surface area contributed by atoms with Gasteiger partial charge in [0.05, 0.1) is 24.5 Å². The Morgan fingerprint density at radius 1 is 1.33 bits per heavy atom. The molecule has 1 aliphatic heterocycles. The van der Waals surface area contributed by atoms with E-state index in [0.717, 1.165) is 41.3 Å². The quantitative estimate of drug-likeness (QED) is 0.493. The van der Waals surface area contributed by atoms with Gasteiger partial charge >= 0.3 is 0 Å². The van der Waals surface area contributed by atoms with E-state index in [1.54, 1.807) is 13.1 Å². The van der Waals surface area contributed by atoms with Crippen LogP contribution in [0.1, 0.15) is 31.7 Å². The van der Waals surface area contributed by atoms with Crippen molar-refractivity contribution in [2.24, 2.45) is 0 Å². The third-order valence-electron chi connectivity index (χ3n) is 5.97. The number of hydrogen-bond donors (Lipinski definition) is 2. The highest BCUT2D eigenvalue weighted by atomic mass is 35.5. The van der Waals surface area contributed by atoms with E-state index < -0.39 is 6.10 Å². The van der Waals surface area contributed by atoms with E-state index in [0.29, 0.717) is 23.9 Å². The Labute approximate surface area is 199 Å². The van der Waals surface area contributed by atoms with Gasteiger partial charge in [0.15, 0.2) is 5.65 Å². The largest absolute Gasteiger partial charge is 0.491 e. The lowest BCUT2D eigenvalue weighted by atomic mass is 10.1. The Morgan fingerprint density at radius 3 is 2.85 bits per heavy atom. The van der Waals surface area contributed by atoms with E-state index in [2.05, 4.69) is 36.2 Å². The lowest BCUT2D eigenvalue weighted by molar-refractivity contribution is 0.108. The number of rotatable bonds is 9. The van der Waals surface area contributed by atoms with Crippen molar-refractivity contribution >= 4 is 23.1 Å². The molecule has 0 spiro atoms. The van der Waals surface area contributed by atoms with Crippen LogP contribution in [0, 0.1) is 0 Å². The number of ether oxygens (including phenoxy) is 2. The van der Waals surface area contributed by atoms with Crippen LogP contribution in [0.5, 0.6) is 5.75 Å². The second-order valence-electron chi connectivity index (χ2n) is 8.82. The molecule has 0 saturated carbocycles. The molecule has 9 heteroatoms. The third kappa shape index (κ3) is 5.24. The highest BCUT2D eigenvalue weighted by Gasteiger charge is 2.25. The molecule has 0 radical (unpaired) electrons. The van der Waals surface area contributed by atoms with Gasteiger partial charge in [0, 0.05) is 42.4 Å². The van der Waals surface area contributed by atoms with Crippen LogP contribution in [-0.2, 0) is 4.74 Å². The predicted molar refractivity (Wildman–Crippen MR) is 131 cm³/mol. The Balaban J connectivity index is 1.76. The molecule has 2 aromatic heterocycles. The summed E-state index contributed by atoms with van der Waals surface area (Å²) in [6, 6.07) is 7.85. The summed E-state index contributed by atoms with van der Waals surface area (Å²) in [5.41, 5.74) is 3.54. The first-order valence-corrected chi connectivity index (χ1v) is 11.7. The fourth-order valence-corrected chi connectivity index (χ4v) is 4.29. The summed E-state index contributed by atoms with van der Waals surface area (Å²) < 4.78 is 13.3. The highest BCUT2D eigenvalue weighted by molar-refractivity contribution is 6.31. The van der Waals surface area contributed by atoms with Crippen LogP contribution in [0.2, 0.25) is 5.02 Å². The lowest BCUT2D eigenvalue weighted by Crippen LogP contribution is -2.33. The van der Waals surface area contributed by atoms with Gasteiger partial charge in [0.2, 0.25) is 0 Å². The van der Waals surface area contributed by atoms with Crippen molar-refractivity contribution < 1.29 is 14.6 Å². The van der Waals surface area contributed by atoms with Crippen LogP contribution in [0.4, 0.5) is 5.82 Å². The fourth-order valence-electron chi connectivity index (χ4n) is 4.07. The molecular formula is C24H32ClN5O3. The molecule has 3 heterocycles. The van der Waals surface area contributed by atoms with Crippen LogP contribution in [0.15, 0.2) is 30.5 Å². The molecule has 1 fully saturated rings. The van der Waals surface area contributed by atoms with E-state index in [9.17, 15) is 5.11 Å². The second-order valence-corrected chi connectivity index (χ2v) is 9.25. The third-order valence-corrected chi connectivity index (χ3v) is 6.18. The molecule has 8 nitrogen and oxygen atoms in total. The molecule has 1 aliphatic rings. The second kappa shape index (κ2) is 10.3. The van der Waals surface area contributed by atoms with E-state index >= 15 is 0 Å². The smallest absolute Gasteiger partial charge is 0.161 e. The Kier molecular flexibility index (Phi) is 7.38. The summed E-state index contributed by atoms with van der Waals surface area (Å²) in [4.78, 5) is 7.19. The van der Waals surface area contributed by atoms with Crippen molar-refractivity contribution in [2.45, 2.75) is 38.3 Å². The number of benzene rings is 1. The van der Waals surface area contributed by atoms with E-state index in [1.807, 2.05) is 28.9 Å². The van der Waals surface area contributed by atoms with Gasteiger partial charge in [0.1, 0.15) is 24.3 Å². The van der Waals surface area contributed by atoms with Crippen LogP contribution in [-0.4, -0.2) is 72.3 Å². The Hall–Kier alpha value is -2.39. The van der Waals surface area contributed by atoms with Gasteiger partial charge in [0.25, 0.3) is 0 Å². The Morgan fingerprint density at radius 2 is 2.15 bits per heavy atom. The number of halogens is 1. The maximum absolute atomic E-state index is 9.99. The summed E-state index contributed by atoms with van der Waals surface area (Å²) in [6.45, 7) is 6.36. The first kappa shape index (κ1) is 23.8. The van der Waals surface area contributed by atoms with Gasteiger partial charge in [-0.05, 0) is 37.6 Å². The SMILES string of the molecule is CNCC(O)COc1cc(Cl)cc(-c2cc(N(C)[C@H]3CCOC3)n3ncc(C(C)C)c3n2)c1. The molecule has 0 bridgehead atoms. The first-order valence-electron chi connectivity index (χ1n) is 11.3. The zero-order chi connectivity index (χ0) is 23.5. The maximum Gasteiger partial charge on any atom is 0.161 e. The van der Waals surface area contributed by atoms with Gasteiger partial charge in [-0.2, -0.15) is 9.61 Å². The maximum atomic E-state index is 9.99. The minimum Gasteiger partial charge on any atom is -0.491 e. The molecule has 1 aromatic carbocycles. The zero-order valence-electron chi connectivity index (χ0n) is 19.6. The average molecular weight is 474 g/mol.